The Hall–Kier alpha value is -3.00. The molecule has 0 aliphatic carbocycles. The van der Waals surface area contributed by atoms with Gasteiger partial charge in [0, 0.05) is 11.7 Å². The van der Waals surface area contributed by atoms with Crippen molar-refractivity contribution in [3.8, 4) is 0 Å². The molecular formula is C21H30N6O2. The molecule has 0 aliphatic heterocycles. The summed E-state index contributed by atoms with van der Waals surface area (Å²) in [6.07, 6.45) is 1.34. The van der Waals surface area contributed by atoms with Crippen LogP contribution in [0.2, 0.25) is 0 Å². The van der Waals surface area contributed by atoms with E-state index < -0.39 is 5.91 Å². The summed E-state index contributed by atoms with van der Waals surface area (Å²) in [6, 6.07) is 7.46. The van der Waals surface area contributed by atoms with Gasteiger partial charge < -0.3 is 21.7 Å². The Morgan fingerprint density at radius 1 is 1.21 bits per heavy atom. The van der Waals surface area contributed by atoms with E-state index in [1.54, 1.807) is 7.05 Å². The largest absolute Gasteiger partial charge is 0.364 e. The highest BCUT2D eigenvalue weighted by Gasteiger charge is 2.16. The second kappa shape index (κ2) is 9.97. The second-order valence-electron chi connectivity index (χ2n) is 7.12. The van der Waals surface area contributed by atoms with Crippen molar-refractivity contribution in [2.24, 2.45) is 5.73 Å². The Morgan fingerprint density at radius 2 is 1.93 bits per heavy atom. The maximum Gasteiger partial charge on any atom is 0.271 e. The van der Waals surface area contributed by atoms with E-state index in [2.05, 4.69) is 25.9 Å². The molecule has 0 spiro atoms. The molecule has 2 atom stereocenters. The molecule has 0 saturated heterocycles. The van der Waals surface area contributed by atoms with Gasteiger partial charge in [-0.1, -0.05) is 19.1 Å². The number of amides is 2. The van der Waals surface area contributed by atoms with Gasteiger partial charge in [-0.05, 0) is 58.4 Å². The fraction of sp³-hybridized carbons (Fsp3) is 0.429. The summed E-state index contributed by atoms with van der Waals surface area (Å²) in [5.74, 6) is -0.323. The maximum atomic E-state index is 12.0. The molecule has 8 nitrogen and oxygen atoms in total. The number of nitrogens with zero attached hydrogens (tertiary/aromatic N) is 2. The number of anilines is 2. The van der Waals surface area contributed by atoms with Gasteiger partial charge in [0.2, 0.25) is 5.91 Å². The zero-order chi connectivity index (χ0) is 21.6. The van der Waals surface area contributed by atoms with Gasteiger partial charge in [0.25, 0.3) is 5.91 Å². The van der Waals surface area contributed by atoms with Gasteiger partial charge in [-0.2, -0.15) is 0 Å². The van der Waals surface area contributed by atoms with E-state index in [1.807, 2.05) is 52.0 Å². The zero-order valence-electron chi connectivity index (χ0n) is 17.7. The Bertz CT molecular complexity index is 883. The number of aromatic nitrogens is 2. The number of hydrogen-bond donors (Lipinski definition) is 4. The lowest BCUT2D eigenvalue weighted by Gasteiger charge is -2.18. The third-order valence-corrected chi connectivity index (χ3v) is 4.68. The smallest absolute Gasteiger partial charge is 0.271 e. The van der Waals surface area contributed by atoms with Crippen LogP contribution in [0, 0.1) is 6.92 Å². The lowest BCUT2D eigenvalue weighted by Crippen LogP contribution is -2.44. The SMILES string of the molecule is CCc1nc(C(N)=O)c(Nc2cccc(C[C@H](C)NC(=O)[C@H](C)NC)c2)nc1C. The Balaban J connectivity index is 2.17. The van der Waals surface area contributed by atoms with Crippen molar-refractivity contribution in [3.63, 3.8) is 0 Å². The number of nitrogens with one attached hydrogen (secondary N) is 3. The molecule has 0 saturated carbocycles. The lowest BCUT2D eigenvalue weighted by molar-refractivity contribution is -0.123. The second-order valence-corrected chi connectivity index (χ2v) is 7.12. The maximum absolute atomic E-state index is 12.0. The Labute approximate surface area is 171 Å². The third-order valence-electron chi connectivity index (χ3n) is 4.68. The fourth-order valence-corrected chi connectivity index (χ4v) is 2.96. The van der Waals surface area contributed by atoms with E-state index in [9.17, 15) is 9.59 Å². The summed E-state index contributed by atoms with van der Waals surface area (Å²) in [4.78, 5) is 32.7. The molecule has 156 valence electrons. The Morgan fingerprint density at radius 3 is 2.55 bits per heavy atom. The van der Waals surface area contributed by atoms with Gasteiger partial charge in [0.05, 0.1) is 17.4 Å². The first kappa shape index (κ1) is 22.3. The molecule has 2 amide bonds. The fourth-order valence-electron chi connectivity index (χ4n) is 2.96. The topological polar surface area (TPSA) is 122 Å². The van der Waals surface area contributed by atoms with Gasteiger partial charge in [-0.3, -0.25) is 9.59 Å². The van der Waals surface area contributed by atoms with Crippen molar-refractivity contribution in [2.45, 2.75) is 52.6 Å². The predicted molar refractivity (Wildman–Crippen MR) is 114 cm³/mol. The van der Waals surface area contributed by atoms with Crippen LogP contribution in [-0.4, -0.2) is 40.9 Å². The normalized spacial score (nSPS) is 12.9. The summed E-state index contributed by atoms with van der Waals surface area (Å²) in [7, 11) is 1.75. The molecule has 2 rings (SSSR count). The number of rotatable bonds is 9. The lowest BCUT2D eigenvalue weighted by atomic mass is 10.1. The van der Waals surface area contributed by atoms with Crippen LogP contribution in [0.3, 0.4) is 0 Å². The third kappa shape index (κ3) is 5.99. The van der Waals surface area contributed by atoms with Crippen LogP contribution in [0.1, 0.15) is 48.2 Å². The number of carbonyl (C=O) groups is 2. The summed E-state index contributed by atoms with van der Waals surface area (Å²) in [5.41, 5.74) is 8.93. The minimum absolute atomic E-state index is 0.0272. The summed E-state index contributed by atoms with van der Waals surface area (Å²) < 4.78 is 0. The molecule has 2 aromatic rings. The van der Waals surface area contributed by atoms with Crippen LogP contribution in [0.15, 0.2) is 24.3 Å². The predicted octanol–water partition coefficient (Wildman–Crippen LogP) is 1.85. The van der Waals surface area contributed by atoms with Crippen molar-refractivity contribution >= 4 is 23.3 Å². The van der Waals surface area contributed by atoms with Crippen LogP contribution in [0.25, 0.3) is 0 Å². The van der Waals surface area contributed by atoms with Crippen LogP contribution >= 0.6 is 0 Å². The van der Waals surface area contributed by atoms with Crippen LogP contribution < -0.4 is 21.7 Å². The minimum Gasteiger partial charge on any atom is -0.364 e. The van der Waals surface area contributed by atoms with Crippen molar-refractivity contribution in [1.82, 2.24) is 20.6 Å². The molecule has 0 fully saturated rings. The molecule has 5 N–H and O–H groups in total. The number of hydrogen-bond acceptors (Lipinski definition) is 6. The van der Waals surface area contributed by atoms with Crippen LogP contribution in [0.5, 0.6) is 0 Å². The van der Waals surface area contributed by atoms with Crippen molar-refractivity contribution in [3.05, 3.63) is 46.9 Å². The van der Waals surface area contributed by atoms with Crippen LogP contribution in [-0.2, 0) is 17.6 Å². The summed E-state index contributed by atoms with van der Waals surface area (Å²) in [5, 5.41) is 9.07. The minimum atomic E-state index is -0.624. The molecule has 8 heteroatoms. The standard InChI is InChI=1S/C21H30N6O2/c1-6-17-13(3)25-20(18(27-17)19(22)28)26-16-9-7-8-15(11-16)10-12(2)24-21(29)14(4)23-5/h7-9,11-12,14,23H,6,10H2,1-5H3,(H2,22,28)(H,24,29)(H,25,26)/t12-,14-/m0/s1. The van der Waals surface area contributed by atoms with Gasteiger partial charge in [-0.25, -0.2) is 9.97 Å². The number of nitrogens with two attached hydrogens (primary N) is 1. The van der Waals surface area contributed by atoms with Gasteiger partial charge >= 0.3 is 0 Å². The van der Waals surface area contributed by atoms with E-state index in [0.29, 0.717) is 18.7 Å². The zero-order valence-corrected chi connectivity index (χ0v) is 17.7. The molecule has 0 bridgehead atoms. The number of primary amides is 1. The highest BCUT2D eigenvalue weighted by atomic mass is 16.2. The molecule has 0 radical (unpaired) electrons. The number of likely N-dealkylation sites (N-methyl/N-ethyl adjacent to an activating group) is 1. The van der Waals surface area contributed by atoms with E-state index >= 15 is 0 Å². The van der Waals surface area contributed by atoms with Gasteiger partial charge in [0.15, 0.2) is 11.5 Å². The molecular weight excluding hydrogens is 368 g/mol. The highest BCUT2D eigenvalue weighted by molar-refractivity contribution is 5.96. The molecule has 29 heavy (non-hydrogen) atoms. The number of benzene rings is 1. The average Bonchev–Trinajstić information content (AvgIpc) is 2.67. The molecule has 1 heterocycles. The number of aryl methyl sites for hydroxylation is 2. The monoisotopic (exact) mass is 398 g/mol. The summed E-state index contributed by atoms with van der Waals surface area (Å²) >= 11 is 0. The van der Waals surface area contributed by atoms with Crippen molar-refractivity contribution in [1.29, 1.82) is 0 Å². The molecule has 1 aromatic carbocycles. The number of carbonyl (C=O) groups excluding carboxylic acids is 2. The first-order chi connectivity index (χ1) is 13.7. The van der Waals surface area contributed by atoms with Gasteiger partial charge in [0.1, 0.15) is 0 Å². The Kier molecular flexibility index (Phi) is 7.67. The molecule has 0 unspecified atom stereocenters. The van der Waals surface area contributed by atoms with Crippen LogP contribution in [0.4, 0.5) is 11.5 Å². The summed E-state index contributed by atoms with van der Waals surface area (Å²) in [6.45, 7) is 7.59. The quantitative estimate of drug-likeness (QED) is 0.511. The first-order valence-corrected chi connectivity index (χ1v) is 9.76. The van der Waals surface area contributed by atoms with E-state index in [0.717, 1.165) is 22.6 Å². The van der Waals surface area contributed by atoms with Crippen molar-refractivity contribution in [2.75, 3.05) is 12.4 Å². The van der Waals surface area contributed by atoms with E-state index in [1.165, 1.54) is 0 Å². The molecule has 1 aromatic heterocycles. The highest BCUT2D eigenvalue weighted by Crippen LogP contribution is 2.21. The average molecular weight is 399 g/mol. The first-order valence-electron chi connectivity index (χ1n) is 9.76. The van der Waals surface area contributed by atoms with E-state index in [-0.39, 0.29) is 23.7 Å². The molecule has 0 aliphatic rings. The van der Waals surface area contributed by atoms with Gasteiger partial charge in [-0.15, -0.1) is 0 Å². The van der Waals surface area contributed by atoms with E-state index in [4.69, 9.17) is 5.73 Å². The van der Waals surface area contributed by atoms with Crippen molar-refractivity contribution < 1.29 is 9.59 Å².